The van der Waals surface area contributed by atoms with Crippen molar-refractivity contribution >= 4 is 5.91 Å². The van der Waals surface area contributed by atoms with Gasteiger partial charge in [0, 0.05) is 6.54 Å². The summed E-state index contributed by atoms with van der Waals surface area (Å²) in [5, 5.41) is 5.92. The summed E-state index contributed by atoms with van der Waals surface area (Å²) in [5.41, 5.74) is 0. The lowest BCUT2D eigenvalue weighted by molar-refractivity contribution is -0.126. The molecule has 0 aromatic carbocycles. The summed E-state index contributed by atoms with van der Waals surface area (Å²) < 4.78 is 5.15. The second-order valence-corrected chi connectivity index (χ2v) is 4.21. The topological polar surface area (TPSA) is 54.3 Å². The smallest absolute Gasteiger partial charge is 0.225 e. The molecule has 1 amide bonds. The molecule has 4 nitrogen and oxygen atoms in total. The van der Waals surface area contributed by atoms with Gasteiger partial charge in [-0.1, -0.05) is 13.8 Å². The number of rotatable bonds is 6. The van der Waals surface area contributed by atoms with Gasteiger partial charge in [0.15, 0.2) is 0 Å². The number of furan rings is 1. The SMILES string of the molecule is CNCC(C(=O)NCc1ccco1)C(C)C. The molecule has 0 aliphatic carbocycles. The van der Waals surface area contributed by atoms with Gasteiger partial charge in [0.05, 0.1) is 18.7 Å². The largest absolute Gasteiger partial charge is 0.467 e. The van der Waals surface area contributed by atoms with Crippen LogP contribution in [-0.2, 0) is 11.3 Å². The van der Waals surface area contributed by atoms with Crippen LogP contribution >= 0.6 is 0 Å². The fourth-order valence-electron chi connectivity index (χ4n) is 1.57. The first kappa shape index (κ1) is 12.8. The summed E-state index contributed by atoms with van der Waals surface area (Å²) in [7, 11) is 1.86. The van der Waals surface area contributed by atoms with Gasteiger partial charge in [0.25, 0.3) is 0 Å². The van der Waals surface area contributed by atoms with E-state index in [1.807, 2.05) is 19.2 Å². The molecule has 0 saturated carbocycles. The zero-order valence-corrected chi connectivity index (χ0v) is 10.1. The summed E-state index contributed by atoms with van der Waals surface area (Å²) in [4.78, 5) is 11.9. The van der Waals surface area contributed by atoms with Gasteiger partial charge in [0.2, 0.25) is 5.91 Å². The van der Waals surface area contributed by atoms with Crippen molar-refractivity contribution in [1.29, 1.82) is 0 Å². The fraction of sp³-hybridized carbons (Fsp3) is 0.583. The summed E-state index contributed by atoms with van der Waals surface area (Å²) >= 11 is 0. The average molecular weight is 224 g/mol. The van der Waals surface area contributed by atoms with Crippen LogP contribution in [0.3, 0.4) is 0 Å². The van der Waals surface area contributed by atoms with Crippen molar-refractivity contribution in [1.82, 2.24) is 10.6 Å². The third-order valence-corrected chi connectivity index (χ3v) is 2.58. The van der Waals surface area contributed by atoms with Crippen molar-refractivity contribution in [2.24, 2.45) is 11.8 Å². The summed E-state index contributed by atoms with van der Waals surface area (Å²) in [6.45, 7) is 5.25. The standard InChI is InChI=1S/C12H20N2O2/c1-9(2)11(8-13-3)12(15)14-7-10-5-4-6-16-10/h4-6,9,11,13H,7-8H2,1-3H3,(H,14,15). The second-order valence-electron chi connectivity index (χ2n) is 4.21. The highest BCUT2D eigenvalue weighted by molar-refractivity contribution is 5.79. The van der Waals surface area contributed by atoms with Gasteiger partial charge in [-0.2, -0.15) is 0 Å². The van der Waals surface area contributed by atoms with Crippen molar-refractivity contribution in [2.75, 3.05) is 13.6 Å². The summed E-state index contributed by atoms with van der Waals surface area (Å²) in [6, 6.07) is 3.66. The number of nitrogens with one attached hydrogen (secondary N) is 2. The Kier molecular flexibility index (Phi) is 5.05. The van der Waals surface area contributed by atoms with Crippen LogP contribution in [0.1, 0.15) is 19.6 Å². The van der Waals surface area contributed by atoms with Crippen LogP contribution in [-0.4, -0.2) is 19.5 Å². The zero-order chi connectivity index (χ0) is 12.0. The Labute approximate surface area is 96.4 Å². The molecule has 0 spiro atoms. The van der Waals surface area contributed by atoms with Gasteiger partial charge in [0.1, 0.15) is 5.76 Å². The molecule has 1 unspecified atom stereocenters. The minimum atomic E-state index is -0.0000350. The number of amides is 1. The molecule has 1 aromatic heterocycles. The van der Waals surface area contributed by atoms with Gasteiger partial charge in [-0.05, 0) is 25.1 Å². The molecule has 2 N–H and O–H groups in total. The predicted molar refractivity (Wildman–Crippen MR) is 62.8 cm³/mol. The van der Waals surface area contributed by atoms with Crippen LogP contribution < -0.4 is 10.6 Å². The molecular formula is C12H20N2O2. The third kappa shape index (κ3) is 3.70. The molecule has 90 valence electrons. The van der Waals surface area contributed by atoms with Crippen LogP contribution in [0.4, 0.5) is 0 Å². The van der Waals surface area contributed by atoms with Crippen molar-refractivity contribution in [3.8, 4) is 0 Å². The molecule has 0 radical (unpaired) electrons. The Morgan fingerprint density at radius 1 is 1.50 bits per heavy atom. The van der Waals surface area contributed by atoms with Crippen LogP contribution in [0.15, 0.2) is 22.8 Å². The van der Waals surface area contributed by atoms with E-state index in [2.05, 4.69) is 24.5 Å². The molecule has 0 fully saturated rings. The molecule has 1 rings (SSSR count). The molecule has 0 aliphatic heterocycles. The van der Waals surface area contributed by atoms with E-state index in [0.29, 0.717) is 19.0 Å². The second kappa shape index (κ2) is 6.33. The molecule has 1 aromatic rings. The average Bonchev–Trinajstić information content (AvgIpc) is 2.75. The van der Waals surface area contributed by atoms with E-state index < -0.39 is 0 Å². The van der Waals surface area contributed by atoms with E-state index in [-0.39, 0.29) is 11.8 Å². The monoisotopic (exact) mass is 224 g/mol. The Morgan fingerprint density at radius 2 is 2.25 bits per heavy atom. The first-order valence-corrected chi connectivity index (χ1v) is 5.59. The lowest BCUT2D eigenvalue weighted by Crippen LogP contribution is -2.38. The molecular weight excluding hydrogens is 204 g/mol. The van der Waals surface area contributed by atoms with E-state index in [1.54, 1.807) is 6.26 Å². The van der Waals surface area contributed by atoms with Gasteiger partial charge in [-0.25, -0.2) is 0 Å². The Balaban J connectivity index is 2.43. The Bertz CT molecular complexity index is 307. The van der Waals surface area contributed by atoms with E-state index in [4.69, 9.17) is 4.42 Å². The zero-order valence-electron chi connectivity index (χ0n) is 10.1. The summed E-state index contributed by atoms with van der Waals surface area (Å²) in [6.07, 6.45) is 1.61. The maximum Gasteiger partial charge on any atom is 0.225 e. The molecule has 0 aliphatic rings. The van der Waals surface area contributed by atoms with Crippen molar-refractivity contribution in [3.05, 3.63) is 24.2 Å². The van der Waals surface area contributed by atoms with Crippen molar-refractivity contribution in [3.63, 3.8) is 0 Å². The molecule has 1 atom stereocenters. The van der Waals surface area contributed by atoms with Gasteiger partial charge < -0.3 is 15.1 Å². The number of hydrogen-bond donors (Lipinski definition) is 2. The van der Waals surface area contributed by atoms with Crippen LogP contribution in [0.5, 0.6) is 0 Å². The predicted octanol–water partition coefficient (Wildman–Crippen LogP) is 1.39. The summed E-state index contributed by atoms with van der Waals surface area (Å²) in [5.74, 6) is 1.17. The first-order chi connectivity index (χ1) is 7.65. The molecule has 16 heavy (non-hydrogen) atoms. The van der Waals surface area contributed by atoms with Gasteiger partial charge in [-0.15, -0.1) is 0 Å². The highest BCUT2D eigenvalue weighted by Gasteiger charge is 2.20. The first-order valence-electron chi connectivity index (χ1n) is 5.59. The third-order valence-electron chi connectivity index (χ3n) is 2.58. The number of hydrogen-bond acceptors (Lipinski definition) is 3. The molecule has 1 heterocycles. The van der Waals surface area contributed by atoms with E-state index >= 15 is 0 Å². The normalized spacial score (nSPS) is 12.8. The Morgan fingerprint density at radius 3 is 2.75 bits per heavy atom. The maximum atomic E-state index is 11.9. The van der Waals surface area contributed by atoms with E-state index in [0.717, 1.165) is 5.76 Å². The fourth-order valence-corrected chi connectivity index (χ4v) is 1.57. The molecule has 4 heteroatoms. The minimum Gasteiger partial charge on any atom is -0.467 e. The minimum absolute atomic E-state index is 0.0000350. The molecule has 0 saturated heterocycles. The Hall–Kier alpha value is -1.29. The lowest BCUT2D eigenvalue weighted by Gasteiger charge is -2.19. The lowest BCUT2D eigenvalue weighted by atomic mass is 9.95. The molecule has 0 bridgehead atoms. The van der Waals surface area contributed by atoms with Crippen LogP contribution in [0.2, 0.25) is 0 Å². The van der Waals surface area contributed by atoms with Crippen LogP contribution in [0, 0.1) is 11.8 Å². The highest BCUT2D eigenvalue weighted by Crippen LogP contribution is 2.10. The van der Waals surface area contributed by atoms with Gasteiger partial charge in [-0.3, -0.25) is 4.79 Å². The number of carbonyl (C=O) groups is 1. The van der Waals surface area contributed by atoms with Crippen molar-refractivity contribution < 1.29 is 9.21 Å². The van der Waals surface area contributed by atoms with Gasteiger partial charge >= 0.3 is 0 Å². The number of carbonyl (C=O) groups excluding carboxylic acids is 1. The maximum absolute atomic E-state index is 11.9. The van der Waals surface area contributed by atoms with E-state index in [1.165, 1.54) is 0 Å². The van der Waals surface area contributed by atoms with Crippen molar-refractivity contribution in [2.45, 2.75) is 20.4 Å². The van der Waals surface area contributed by atoms with E-state index in [9.17, 15) is 4.79 Å². The highest BCUT2D eigenvalue weighted by atomic mass is 16.3. The van der Waals surface area contributed by atoms with Crippen LogP contribution in [0.25, 0.3) is 0 Å². The quantitative estimate of drug-likeness (QED) is 0.767.